The van der Waals surface area contributed by atoms with E-state index in [9.17, 15) is 0 Å². The predicted octanol–water partition coefficient (Wildman–Crippen LogP) is 2.92. The van der Waals surface area contributed by atoms with Crippen molar-refractivity contribution in [3.63, 3.8) is 0 Å². The minimum absolute atomic E-state index is 0.778. The topological polar surface area (TPSA) is 33.7 Å². The molecule has 0 aliphatic rings. The third-order valence-corrected chi connectivity index (χ3v) is 3.75. The first-order valence-electron chi connectivity index (χ1n) is 7.89. The Labute approximate surface area is 129 Å². The Bertz CT molecular complexity index is 392. The summed E-state index contributed by atoms with van der Waals surface area (Å²) < 4.78 is 10.6. The number of hydrogen-bond donors (Lipinski definition) is 1. The van der Waals surface area contributed by atoms with Crippen molar-refractivity contribution >= 4 is 0 Å². The van der Waals surface area contributed by atoms with Gasteiger partial charge < -0.3 is 19.7 Å². The van der Waals surface area contributed by atoms with Crippen LogP contribution in [0.15, 0.2) is 18.2 Å². The van der Waals surface area contributed by atoms with Crippen LogP contribution in [-0.2, 0) is 6.54 Å². The lowest BCUT2D eigenvalue weighted by molar-refractivity contribution is 0.296. The van der Waals surface area contributed by atoms with Gasteiger partial charge in [-0.25, -0.2) is 0 Å². The quantitative estimate of drug-likeness (QED) is 0.636. The third-order valence-electron chi connectivity index (χ3n) is 3.75. The molecule has 21 heavy (non-hydrogen) atoms. The molecule has 0 bridgehead atoms. The van der Waals surface area contributed by atoms with Crippen LogP contribution >= 0.6 is 0 Å². The van der Waals surface area contributed by atoms with E-state index in [1.165, 1.54) is 24.9 Å². The van der Waals surface area contributed by atoms with E-state index in [1.54, 1.807) is 14.2 Å². The molecule has 4 nitrogen and oxygen atoms in total. The van der Waals surface area contributed by atoms with Gasteiger partial charge in [-0.2, -0.15) is 0 Å². The highest BCUT2D eigenvalue weighted by Crippen LogP contribution is 2.27. The zero-order valence-electron chi connectivity index (χ0n) is 13.9. The van der Waals surface area contributed by atoms with Crippen molar-refractivity contribution in [2.24, 2.45) is 0 Å². The lowest BCUT2D eigenvalue weighted by Crippen LogP contribution is -2.25. The van der Waals surface area contributed by atoms with E-state index in [4.69, 9.17) is 9.47 Å². The van der Waals surface area contributed by atoms with E-state index in [2.05, 4.69) is 30.1 Å². The van der Waals surface area contributed by atoms with Crippen LogP contribution in [0.2, 0.25) is 0 Å². The molecule has 0 atom stereocenters. The maximum Gasteiger partial charge on any atom is 0.161 e. The molecule has 0 fully saturated rings. The summed E-state index contributed by atoms with van der Waals surface area (Å²) >= 11 is 0. The summed E-state index contributed by atoms with van der Waals surface area (Å²) in [6.45, 7) is 9.86. The first-order valence-corrected chi connectivity index (χ1v) is 7.89. The Kier molecular flexibility index (Phi) is 8.87. The van der Waals surface area contributed by atoms with Crippen molar-refractivity contribution in [2.45, 2.75) is 33.2 Å². The molecule has 4 heteroatoms. The molecule has 0 radical (unpaired) electrons. The number of ether oxygens (including phenoxy) is 2. The molecule has 0 unspecified atom stereocenters. The van der Waals surface area contributed by atoms with Crippen LogP contribution in [0, 0.1) is 0 Å². The van der Waals surface area contributed by atoms with E-state index in [1.807, 2.05) is 12.1 Å². The minimum atomic E-state index is 0.778. The molecule has 0 heterocycles. The fourth-order valence-corrected chi connectivity index (χ4v) is 2.35. The van der Waals surface area contributed by atoms with Gasteiger partial charge in [0.1, 0.15) is 0 Å². The molecule has 0 spiro atoms. The van der Waals surface area contributed by atoms with Crippen LogP contribution in [0.3, 0.4) is 0 Å². The number of rotatable bonds is 11. The lowest BCUT2D eigenvalue weighted by atomic mass is 10.2. The normalized spacial score (nSPS) is 10.9. The van der Waals surface area contributed by atoms with Crippen LogP contribution in [0.5, 0.6) is 11.5 Å². The van der Waals surface area contributed by atoms with Crippen LogP contribution in [0.25, 0.3) is 0 Å². The molecule has 1 rings (SSSR count). The molecule has 0 saturated heterocycles. The Balaban J connectivity index is 2.24. The number of unbranched alkanes of at least 4 members (excludes halogenated alkanes) is 1. The van der Waals surface area contributed by atoms with Crippen LogP contribution in [-0.4, -0.2) is 45.3 Å². The molecule has 120 valence electrons. The zero-order valence-corrected chi connectivity index (χ0v) is 13.9. The third kappa shape index (κ3) is 6.36. The fraction of sp³-hybridized carbons (Fsp3) is 0.647. The van der Waals surface area contributed by atoms with Crippen molar-refractivity contribution < 1.29 is 9.47 Å². The summed E-state index contributed by atoms with van der Waals surface area (Å²) in [4.78, 5) is 2.47. The molecule has 1 aromatic rings. The number of nitrogens with zero attached hydrogens (tertiary/aromatic N) is 1. The first kappa shape index (κ1) is 17.8. The van der Waals surface area contributed by atoms with Crippen LogP contribution < -0.4 is 14.8 Å². The van der Waals surface area contributed by atoms with Crippen LogP contribution in [0.4, 0.5) is 0 Å². The maximum atomic E-state index is 5.31. The molecule has 0 saturated carbocycles. The highest BCUT2D eigenvalue weighted by Gasteiger charge is 2.04. The predicted molar refractivity (Wildman–Crippen MR) is 88.3 cm³/mol. The van der Waals surface area contributed by atoms with Crippen molar-refractivity contribution in [2.75, 3.05) is 40.4 Å². The van der Waals surface area contributed by atoms with E-state index in [-0.39, 0.29) is 0 Å². The van der Waals surface area contributed by atoms with E-state index in [0.29, 0.717) is 0 Å². The minimum Gasteiger partial charge on any atom is -0.493 e. The van der Waals surface area contributed by atoms with Crippen molar-refractivity contribution in [1.29, 1.82) is 0 Å². The number of hydrogen-bond acceptors (Lipinski definition) is 4. The average Bonchev–Trinajstić information content (AvgIpc) is 2.54. The number of methoxy groups -OCH3 is 2. The van der Waals surface area contributed by atoms with Gasteiger partial charge in [-0.3, -0.25) is 0 Å². The largest absolute Gasteiger partial charge is 0.493 e. The van der Waals surface area contributed by atoms with E-state index in [0.717, 1.165) is 37.7 Å². The molecule has 0 aromatic heterocycles. The Hall–Kier alpha value is -1.26. The van der Waals surface area contributed by atoms with Gasteiger partial charge in [-0.1, -0.05) is 19.9 Å². The zero-order chi connectivity index (χ0) is 15.5. The van der Waals surface area contributed by atoms with E-state index < -0.39 is 0 Å². The molecule has 1 N–H and O–H groups in total. The number of nitrogens with one attached hydrogen (secondary N) is 1. The summed E-state index contributed by atoms with van der Waals surface area (Å²) in [5.41, 5.74) is 1.22. The van der Waals surface area contributed by atoms with Gasteiger partial charge in [0, 0.05) is 6.54 Å². The highest BCUT2D eigenvalue weighted by atomic mass is 16.5. The van der Waals surface area contributed by atoms with Crippen molar-refractivity contribution in [3.05, 3.63) is 23.8 Å². The smallest absolute Gasteiger partial charge is 0.161 e. The Morgan fingerprint density at radius 3 is 2.33 bits per heavy atom. The summed E-state index contributed by atoms with van der Waals surface area (Å²) in [6.07, 6.45) is 2.46. The summed E-state index contributed by atoms with van der Waals surface area (Å²) in [5, 5.41) is 3.49. The average molecular weight is 294 g/mol. The summed E-state index contributed by atoms with van der Waals surface area (Å²) in [6, 6.07) is 6.06. The highest BCUT2D eigenvalue weighted by molar-refractivity contribution is 5.42. The van der Waals surface area contributed by atoms with Gasteiger partial charge >= 0.3 is 0 Å². The van der Waals surface area contributed by atoms with E-state index >= 15 is 0 Å². The summed E-state index contributed by atoms with van der Waals surface area (Å²) in [5.74, 6) is 1.57. The van der Waals surface area contributed by atoms with Gasteiger partial charge in [0.25, 0.3) is 0 Å². The second-order valence-corrected chi connectivity index (χ2v) is 5.10. The van der Waals surface area contributed by atoms with Gasteiger partial charge in [-0.15, -0.1) is 0 Å². The molecule has 0 aliphatic heterocycles. The fourth-order valence-electron chi connectivity index (χ4n) is 2.35. The second kappa shape index (κ2) is 10.5. The van der Waals surface area contributed by atoms with Gasteiger partial charge in [0.05, 0.1) is 14.2 Å². The number of benzene rings is 1. The van der Waals surface area contributed by atoms with Crippen LogP contribution in [0.1, 0.15) is 32.3 Å². The molecular weight excluding hydrogens is 264 g/mol. The van der Waals surface area contributed by atoms with Crippen molar-refractivity contribution in [3.8, 4) is 11.5 Å². The molecular formula is C17H30N2O2. The van der Waals surface area contributed by atoms with Crippen molar-refractivity contribution in [1.82, 2.24) is 10.2 Å². The first-order chi connectivity index (χ1) is 10.2. The van der Waals surface area contributed by atoms with Gasteiger partial charge in [-0.05, 0) is 56.7 Å². The van der Waals surface area contributed by atoms with Gasteiger partial charge in [0.2, 0.25) is 0 Å². The SMILES string of the molecule is CCN(CC)CCCCNCc1ccc(OC)c(OC)c1. The Morgan fingerprint density at radius 1 is 1.00 bits per heavy atom. The van der Waals surface area contributed by atoms with Gasteiger partial charge in [0.15, 0.2) is 11.5 Å². The molecule has 0 aliphatic carbocycles. The second-order valence-electron chi connectivity index (χ2n) is 5.10. The standard InChI is InChI=1S/C17H30N2O2/c1-5-19(6-2)12-8-7-11-18-14-15-9-10-16(20-3)17(13-15)21-4/h9-10,13,18H,5-8,11-12,14H2,1-4H3. The lowest BCUT2D eigenvalue weighted by Gasteiger charge is -2.17. The summed E-state index contributed by atoms with van der Waals surface area (Å²) in [7, 11) is 3.33. The maximum absolute atomic E-state index is 5.31. The molecule has 1 aromatic carbocycles. The molecule has 0 amide bonds. The monoisotopic (exact) mass is 294 g/mol. The Morgan fingerprint density at radius 2 is 1.71 bits per heavy atom.